The maximum atomic E-state index is 10.1. The van der Waals surface area contributed by atoms with E-state index >= 15 is 0 Å². The van der Waals surface area contributed by atoms with Gasteiger partial charge in [0, 0.05) is 23.0 Å². The highest BCUT2D eigenvalue weighted by Gasteiger charge is 2.23. The molecule has 1 N–H and O–H groups in total. The standard InChI is InChI=1S/C13H18BrClO2/c1-8(2)13(17-3)12(16)6-9-4-5-10(14)7-11(9)15/h4-5,7-8,12-13,16H,6H2,1-3H3. The van der Waals surface area contributed by atoms with Crippen molar-refractivity contribution in [1.29, 1.82) is 0 Å². The Balaban J connectivity index is 2.76. The maximum absolute atomic E-state index is 10.1. The fraction of sp³-hybridized carbons (Fsp3) is 0.538. The van der Waals surface area contributed by atoms with Gasteiger partial charge in [0.15, 0.2) is 0 Å². The summed E-state index contributed by atoms with van der Waals surface area (Å²) in [6, 6.07) is 5.68. The minimum absolute atomic E-state index is 0.172. The van der Waals surface area contributed by atoms with Crippen molar-refractivity contribution in [1.82, 2.24) is 0 Å². The first-order valence-electron chi connectivity index (χ1n) is 5.60. The van der Waals surface area contributed by atoms with Crippen molar-refractivity contribution >= 4 is 27.5 Å². The van der Waals surface area contributed by atoms with Crippen LogP contribution >= 0.6 is 27.5 Å². The van der Waals surface area contributed by atoms with E-state index in [2.05, 4.69) is 15.9 Å². The molecule has 0 fully saturated rings. The number of aliphatic hydroxyl groups is 1. The van der Waals surface area contributed by atoms with Crippen LogP contribution in [0.15, 0.2) is 22.7 Å². The quantitative estimate of drug-likeness (QED) is 0.896. The first-order chi connectivity index (χ1) is 7.95. The zero-order valence-corrected chi connectivity index (χ0v) is 12.6. The zero-order chi connectivity index (χ0) is 13.0. The predicted octanol–water partition coefficient (Wildman–Crippen LogP) is 3.68. The molecule has 4 heteroatoms. The van der Waals surface area contributed by atoms with Crippen LogP contribution in [0.3, 0.4) is 0 Å². The highest BCUT2D eigenvalue weighted by molar-refractivity contribution is 9.10. The van der Waals surface area contributed by atoms with Crippen LogP contribution in [0.4, 0.5) is 0 Å². The third kappa shape index (κ3) is 4.25. The molecule has 0 spiro atoms. The predicted molar refractivity (Wildman–Crippen MR) is 74.5 cm³/mol. The van der Waals surface area contributed by atoms with Gasteiger partial charge in [0.25, 0.3) is 0 Å². The van der Waals surface area contributed by atoms with Gasteiger partial charge in [-0.3, -0.25) is 0 Å². The first kappa shape index (κ1) is 15.0. The Kier molecular flexibility index (Phi) is 5.93. The van der Waals surface area contributed by atoms with Gasteiger partial charge in [-0.2, -0.15) is 0 Å². The SMILES string of the molecule is COC(C(C)C)C(O)Cc1ccc(Br)cc1Cl. The second-order valence-electron chi connectivity index (χ2n) is 4.45. The van der Waals surface area contributed by atoms with Crippen LogP contribution in [0.2, 0.25) is 5.02 Å². The van der Waals surface area contributed by atoms with Gasteiger partial charge >= 0.3 is 0 Å². The summed E-state index contributed by atoms with van der Waals surface area (Å²) in [6.45, 7) is 4.06. The summed E-state index contributed by atoms with van der Waals surface area (Å²) in [4.78, 5) is 0. The molecule has 0 heterocycles. The van der Waals surface area contributed by atoms with Crippen LogP contribution in [0.1, 0.15) is 19.4 Å². The lowest BCUT2D eigenvalue weighted by atomic mass is 9.96. The molecule has 0 amide bonds. The van der Waals surface area contributed by atoms with Crippen LogP contribution in [0, 0.1) is 5.92 Å². The second kappa shape index (κ2) is 6.74. The fourth-order valence-electron chi connectivity index (χ4n) is 1.90. The third-order valence-corrected chi connectivity index (χ3v) is 3.60. The summed E-state index contributed by atoms with van der Waals surface area (Å²) in [7, 11) is 1.62. The van der Waals surface area contributed by atoms with Gasteiger partial charge in [-0.15, -0.1) is 0 Å². The van der Waals surface area contributed by atoms with Crippen LogP contribution in [0.25, 0.3) is 0 Å². The number of hydrogen-bond donors (Lipinski definition) is 1. The van der Waals surface area contributed by atoms with Crippen molar-refractivity contribution < 1.29 is 9.84 Å². The maximum Gasteiger partial charge on any atom is 0.0856 e. The van der Waals surface area contributed by atoms with E-state index in [0.717, 1.165) is 10.0 Å². The molecule has 0 saturated heterocycles. The molecular weight excluding hydrogens is 303 g/mol. The molecule has 0 aromatic heterocycles. The molecule has 17 heavy (non-hydrogen) atoms. The van der Waals surface area contributed by atoms with Gasteiger partial charge in [-0.1, -0.05) is 47.4 Å². The Bertz CT molecular complexity index is 368. The topological polar surface area (TPSA) is 29.5 Å². The monoisotopic (exact) mass is 320 g/mol. The van der Waals surface area contributed by atoms with Gasteiger partial charge in [0.05, 0.1) is 12.2 Å². The molecule has 0 radical (unpaired) electrons. The van der Waals surface area contributed by atoms with Crippen molar-refractivity contribution in [2.24, 2.45) is 5.92 Å². The number of ether oxygens (including phenoxy) is 1. The number of rotatable bonds is 5. The molecule has 0 bridgehead atoms. The molecule has 0 saturated carbocycles. The van der Waals surface area contributed by atoms with E-state index in [-0.39, 0.29) is 12.0 Å². The van der Waals surface area contributed by atoms with E-state index in [1.165, 1.54) is 0 Å². The largest absolute Gasteiger partial charge is 0.390 e. The van der Waals surface area contributed by atoms with Crippen molar-refractivity contribution in [2.75, 3.05) is 7.11 Å². The average Bonchev–Trinajstić information content (AvgIpc) is 2.22. The van der Waals surface area contributed by atoms with E-state index in [1.807, 2.05) is 32.0 Å². The van der Waals surface area contributed by atoms with Gasteiger partial charge in [0.1, 0.15) is 0 Å². The van der Waals surface area contributed by atoms with Gasteiger partial charge in [-0.05, 0) is 23.6 Å². The van der Waals surface area contributed by atoms with Crippen molar-refractivity contribution in [2.45, 2.75) is 32.5 Å². The van der Waals surface area contributed by atoms with Crippen molar-refractivity contribution in [3.63, 3.8) is 0 Å². The van der Waals surface area contributed by atoms with Crippen molar-refractivity contribution in [3.05, 3.63) is 33.3 Å². The molecule has 2 unspecified atom stereocenters. The number of halogens is 2. The highest BCUT2D eigenvalue weighted by atomic mass is 79.9. The van der Waals surface area contributed by atoms with E-state index in [4.69, 9.17) is 16.3 Å². The minimum Gasteiger partial charge on any atom is -0.390 e. The molecule has 2 nitrogen and oxygen atoms in total. The molecule has 1 aromatic rings. The molecule has 1 aromatic carbocycles. The summed E-state index contributed by atoms with van der Waals surface area (Å²) in [5, 5.41) is 10.8. The van der Waals surface area contributed by atoms with E-state index in [0.29, 0.717) is 11.4 Å². The zero-order valence-electron chi connectivity index (χ0n) is 10.3. The summed E-state index contributed by atoms with van der Waals surface area (Å²) < 4.78 is 6.24. The summed E-state index contributed by atoms with van der Waals surface area (Å²) in [5.74, 6) is 0.268. The number of hydrogen-bond acceptors (Lipinski definition) is 2. The lowest BCUT2D eigenvalue weighted by molar-refractivity contribution is -0.0367. The van der Waals surface area contributed by atoms with E-state index < -0.39 is 6.10 Å². The van der Waals surface area contributed by atoms with Gasteiger partial charge in [-0.25, -0.2) is 0 Å². The fourth-order valence-corrected chi connectivity index (χ4v) is 2.65. The number of benzene rings is 1. The first-order valence-corrected chi connectivity index (χ1v) is 6.77. The van der Waals surface area contributed by atoms with Crippen LogP contribution in [-0.2, 0) is 11.2 Å². The lowest BCUT2D eigenvalue weighted by Gasteiger charge is -2.25. The molecule has 0 aliphatic rings. The average molecular weight is 322 g/mol. The van der Waals surface area contributed by atoms with Gasteiger partial charge in [0.2, 0.25) is 0 Å². The summed E-state index contributed by atoms with van der Waals surface area (Å²) >= 11 is 9.48. The minimum atomic E-state index is -0.543. The van der Waals surface area contributed by atoms with Crippen LogP contribution in [-0.4, -0.2) is 24.4 Å². The molecule has 2 atom stereocenters. The van der Waals surface area contributed by atoms with Crippen molar-refractivity contribution in [3.8, 4) is 0 Å². The number of aliphatic hydroxyl groups excluding tert-OH is 1. The Morgan fingerprint density at radius 2 is 2.06 bits per heavy atom. The Labute approximate surface area is 116 Å². The summed E-state index contributed by atoms with van der Waals surface area (Å²) in [5.41, 5.74) is 0.935. The Morgan fingerprint density at radius 1 is 1.41 bits per heavy atom. The molecule has 96 valence electrons. The number of methoxy groups -OCH3 is 1. The Hall–Kier alpha value is -0.0900. The van der Waals surface area contributed by atoms with Gasteiger partial charge < -0.3 is 9.84 Å². The molecule has 1 rings (SSSR count). The van der Waals surface area contributed by atoms with E-state index in [9.17, 15) is 5.11 Å². The Morgan fingerprint density at radius 3 is 2.53 bits per heavy atom. The van der Waals surface area contributed by atoms with E-state index in [1.54, 1.807) is 7.11 Å². The third-order valence-electron chi connectivity index (χ3n) is 2.75. The normalized spacial score (nSPS) is 15.0. The van der Waals surface area contributed by atoms with Crippen LogP contribution in [0.5, 0.6) is 0 Å². The summed E-state index contributed by atoms with van der Waals surface area (Å²) in [6.07, 6.45) is -0.212. The molecule has 0 aliphatic carbocycles. The second-order valence-corrected chi connectivity index (χ2v) is 5.77. The molecule has 0 aliphatic heterocycles. The smallest absolute Gasteiger partial charge is 0.0856 e. The highest BCUT2D eigenvalue weighted by Crippen LogP contribution is 2.24. The molecular formula is C13H18BrClO2. The lowest BCUT2D eigenvalue weighted by Crippen LogP contribution is -2.34. The van der Waals surface area contributed by atoms with Crippen LogP contribution < -0.4 is 0 Å².